The van der Waals surface area contributed by atoms with Crippen molar-refractivity contribution in [2.45, 2.75) is 39.8 Å². The van der Waals surface area contributed by atoms with Crippen molar-refractivity contribution in [1.82, 2.24) is 15.2 Å². The normalized spacial score (nSPS) is 11.6. The lowest BCUT2D eigenvalue weighted by Gasteiger charge is -2.24. The number of likely N-dealkylation sites (N-methyl/N-ethyl adjacent to an activating group) is 1. The second-order valence-corrected chi connectivity index (χ2v) is 6.97. The van der Waals surface area contributed by atoms with Gasteiger partial charge in [0.25, 0.3) is 0 Å². The molecule has 0 aliphatic heterocycles. The number of ether oxygens (including phenoxy) is 1. The summed E-state index contributed by atoms with van der Waals surface area (Å²) in [5.74, 6) is 1.36. The molecule has 0 aliphatic carbocycles. The Labute approximate surface area is 149 Å². The van der Waals surface area contributed by atoms with E-state index in [1.807, 2.05) is 56.9 Å². The minimum atomic E-state index is -0.230. The molecule has 0 atom stereocenters. The summed E-state index contributed by atoms with van der Waals surface area (Å²) in [4.78, 5) is 18.6. The van der Waals surface area contributed by atoms with E-state index >= 15 is 0 Å². The molecule has 2 aromatic rings. The van der Waals surface area contributed by atoms with Crippen LogP contribution in [0.15, 0.2) is 34.9 Å². The maximum absolute atomic E-state index is 12.1. The van der Waals surface area contributed by atoms with Gasteiger partial charge in [-0.15, -0.1) is 0 Å². The van der Waals surface area contributed by atoms with Gasteiger partial charge in [-0.05, 0) is 51.6 Å². The first-order valence-corrected chi connectivity index (χ1v) is 8.43. The SMILES string of the molecule is CCN(CC(=O)NC(C)(C)C)Cc1coc(-c2ccc(OC)cc2)n1. The summed E-state index contributed by atoms with van der Waals surface area (Å²) in [7, 11) is 1.63. The minimum absolute atomic E-state index is 0.00761. The zero-order chi connectivity index (χ0) is 18.4. The number of oxazole rings is 1. The van der Waals surface area contributed by atoms with Crippen LogP contribution in [-0.2, 0) is 11.3 Å². The van der Waals surface area contributed by atoms with Crippen LogP contribution in [0, 0.1) is 0 Å². The molecule has 0 bridgehead atoms. The maximum atomic E-state index is 12.1. The third-order valence-corrected chi connectivity index (χ3v) is 3.60. The Balaban J connectivity index is 1.99. The number of methoxy groups -OCH3 is 1. The monoisotopic (exact) mass is 345 g/mol. The Morgan fingerprint density at radius 2 is 1.96 bits per heavy atom. The van der Waals surface area contributed by atoms with Crippen molar-refractivity contribution < 1.29 is 13.9 Å². The molecular weight excluding hydrogens is 318 g/mol. The van der Waals surface area contributed by atoms with Crippen LogP contribution >= 0.6 is 0 Å². The standard InChI is InChI=1S/C19H27N3O3/c1-6-22(12-17(23)21-19(2,3)4)11-15-13-25-18(20-15)14-7-9-16(24-5)10-8-14/h7-10,13H,6,11-12H2,1-5H3,(H,21,23). The number of amides is 1. The number of rotatable bonds is 7. The number of carbonyl (C=O) groups is 1. The molecule has 6 nitrogen and oxygen atoms in total. The fourth-order valence-corrected chi connectivity index (χ4v) is 2.42. The van der Waals surface area contributed by atoms with Crippen molar-refractivity contribution in [2.75, 3.05) is 20.2 Å². The van der Waals surface area contributed by atoms with Gasteiger partial charge >= 0.3 is 0 Å². The molecule has 25 heavy (non-hydrogen) atoms. The van der Waals surface area contributed by atoms with E-state index in [-0.39, 0.29) is 11.4 Å². The molecule has 1 heterocycles. The first-order chi connectivity index (χ1) is 11.8. The highest BCUT2D eigenvalue weighted by atomic mass is 16.5. The number of hydrogen-bond donors (Lipinski definition) is 1. The van der Waals surface area contributed by atoms with Crippen LogP contribution in [-0.4, -0.2) is 41.5 Å². The van der Waals surface area contributed by atoms with Crippen LogP contribution in [0.1, 0.15) is 33.4 Å². The van der Waals surface area contributed by atoms with Crippen LogP contribution in [0.2, 0.25) is 0 Å². The zero-order valence-corrected chi connectivity index (χ0v) is 15.6. The average Bonchev–Trinajstić information content (AvgIpc) is 3.01. The first-order valence-electron chi connectivity index (χ1n) is 8.43. The summed E-state index contributed by atoms with van der Waals surface area (Å²) in [6.07, 6.45) is 1.64. The average molecular weight is 345 g/mol. The fraction of sp³-hybridized carbons (Fsp3) is 0.474. The van der Waals surface area contributed by atoms with Crippen molar-refractivity contribution in [2.24, 2.45) is 0 Å². The third-order valence-electron chi connectivity index (χ3n) is 3.60. The number of benzene rings is 1. The molecule has 0 aliphatic rings. The molecule has 0 fully saturated rings. The van der Waals surface area contributed by atoms with Crippen LogP contribution in [0.3, 0.4) is 0 Å². The van der Waals surface area contributed by atoms with Gasteiger partial charge in [-0.2, -0.15) is 0 Å². The van der Waals surface area contributed by atoms with Crippen molar-refractivity contribution >= 4 is 5.91 Å². The van der Waals surface area contributed by atoms with Crippen LogP contribution in [0.4, 0.5) is 0 Å². The number of aromatic nitrogens is 1. The predicted molar refractivity (Wildman–Crippen MR) is 97.3 cm³/mol. The quantitative estimate of drug-likeness (QED) is 0.835. The lowest BCUT2D eigenvalue weighted by atomic mass is 10.1. The van der Waals surface area contributed by atoms with Gasteiger partial charge in [0, 0.05) is 17.6 Å². The number of carbonyl (C=O) groups excluding carboxylic acids is 1. The molecule has 1 aromatic carbocycles. The van der Waals surface area contributed by atoms with Crippen LogP contribution in [0.5, 0.6) is 5.75 Å². The summed E-state index contributed by atoms with van der Waals surface area (Å²) in [6, 6.07) is 7.55. The Morgan fingerprint density at radius 1 is 1.28 bits per heavy atom. The molecule has 0 saturated carbocycles. The summed E-state index contributed by atoms with van der Waals surface area (Å²) in [6.45, 7) is 9.59. The van der Waals surface area contributed by atoms with E-state index in [2.05, 4.69) is 10.3 Å². The van der Waals surface area contributed by atoms with Crippen molar-refractivity contribution in [1.29, 1.82) is 0 Å². The topological polar surface area (TPSA) is 67.6 Å². The van der Waals surface area contributed by atoms with Gasteiger partial charge in [0.15, 0.2) is 0 Å². The predicted octanol–water partition coefficient (Wildman–Crippen LogP) is 3.09. The minimum Gasteiger partial charge on any atom is -0.497 e. The Morgan fingerprint density at radius 3 is 2.52 bits per heavy atom. The van der Waals surface area contributed by atoms with E-state index < -0.39 is 0 Å². The number of hydrogen-bond acceptors (Lipinski definition) is 5. The summed E-state index contributed by atoms with van der Waals surface area (Å²) >= 11 is 0. The van der Waals surface area contributed by atoms with Gasteiger partial charge in [-0.1, -0.05) is 6.92 Å². The molecule has 2 rings (SSSR count). The fourth-order valence-electron chi connectivity index (χ4n) is 2.42. The first kappa shape index (κ1) is 19.0. The smallest absolute Gasteiger partial charge is 0.234 e. The summed E-state index contributed by atoms with van der Waals surface area (Å²) in [5, 5.41) is 2.98. The molecule has 0 unspecified atom stereocenters. The van der Waals surface area contributed by atoms with E-state index in [9.17, 15) is 4.79 Å². The van der Waals surface area contributed by atoms with Crippen LogP contribution < -0.4 is 10.1 Å². The van der Waals surface area contributed by atoms with Crippen molar-refractivity contribution in [3.05, 3.63) is 36.2 Å². The second-order valence-electron chi connectivity index (χ2n) is 6.97. The molecule has 0 radical (unpaired) electrons. The van der Waals surface area contributed by atoms with E-state index in [4.69, 9.17) is 9.15 Å². The summed E-state index contributed by atoms with van der Waals surface area (Å²) < 4.78 is 10.7. The lowest BCUT2D eigenvalue weighted by Crippen LogP contribution is -2.45. The Hall–Kier alpha value is -2.34. The van der Waals surface area contributed by atoms with Crippen molar-refractivity contribution in [3.8, 4) is 17.2 Å². The molecule has 6 heteroatoms. The molecule has 0 saturated heterocycles. The molecule has 1 amide bonds. The van der Waals surface area contributed by atoms with Crippen LogP contribution in [0.25, 0.3) is 11.5 Å². The van der Waals surface area contributed by atoms with Gasteiger partial charge in [-0.25, -0.2) is 4.98 Å². The van der Waals surface area contributed by atoms with Gasteiger partial charge in [0.1, 0.15) is 12.0 Å². The maximum Gasteiger partial charge on any atom is 0.234 e. The van der Waals surface area contributed by atoms with E-state index in [1.54, 1.807) is 13.4 Å². The van der Waals surface area contributed by atoms with Gasteiger partial charge in [0.2, 0.25) is 11.8 Å². The highest BCUT2D eigenvalue weighted by Crippen LogP contribution is 2.22. The van der Waals surface area contributed by atoms with E-state index in [1.165, 1.54) is 0 Å². The van der Waals surface area contributed by atoms with E-state index in [0.717, 1.165) is 23.6 Å². The molecule has 0 spiro atoms. The number of nitrogens with zero attached hydrogens (tertiary/aromatic N) is 2. The highest BCUT2D eigenvalue weighted by Gasteiger charge is 2.17. The molecule has 1 N–H and O–H groups in total. The third kappa shape index (κ3) is 5.90. The van der Waals surface area contributed by atoms with Crippen molar-refractivity contribution in [3.63, 3.8) is 0 Å². The highest BCUT2D eigenvalue weighted by molar-refractivity contribution is 5.78. The molecule has 136 valence electrons. The van der Waals surface area contributed by atoms with Gasteiger partial charge < -0.3 is 14.5 Å². The largest absolute Gasteiger partial charge is 0.497 e. The number of nitrogens with one attached hydrogen (secondary N) is 1. The lowest BCUT2D eigenvalue weighted by molar-refractivity contribution is -0.123. The zero-order valence-electron chi connectivity index (χ0n) is 15.6. The Bertz CT molecular complexity index is 687. The van der Waals surface area contributed by atoms with Gasteiger partial charge in [-0.3, -0.25) is 9.69 Å². The molecular formula is C19H27N3O3. The van der Waals surface area contributed by atoms with E-state index in [0.29, 0.717) is 19.0 Å². The van der Waals surface area contributed by atoms with Gasteiger partial charge in [0.05, 0.1) is 19.3 Å². The molecule has 1 aromatic heterocycles. The second kappa shape index (κ2) is 8.16. The Kier molecular flexibility index (Phi) is 6.20. The summed E-state index contributed by atoms with van der Waals surface area (Å²) in [5.41, 5.74) is 1.46.